The minimum atomic E-state index is -0.449. The molecule has 0 saturated carbocycles. The number of hydrogen-bond acceptors (Lipinski definition) is 4. The van der Waals surface area contributed by atoms with Crippen molar-refractivity contribution >= 4 is 28.4 Å². The summed E-state index contributed by atoms with van der Waals surface area (Å²) < 4.78 is 1.88. The zero-order chi connectivity index (χ0) is 19.7. The summed E-state index contributed by atoms with van der Waals surface area (Å²) in [5.41, 5.74) is 4.95. The number of nitrogens with one attached hydrogen (secondary N) is 1. The van der Waals surface area contributed by atoms with E-state index in [4.69, 9.17) is 11.6 Å². The largest absolute Gasteiger partial charge is 0.391 e. The first-order valence-electron chi connectivity index (χ1n) is 9.65. The summed E-state index contributed by atoms with van der Waals surface area (Å²) in [5, 5.41) is 14.0. The number of aromatic nitrogens is 2. The fraction of sp³-hybridized carbons (Fsp3) is 0.364. The lowest BCUT2D eigenvalue weighted by Gasteiger charge is -2.28. The average Bonchev–Trinajstić information content (AvgIpc) is 3.05. The van der Waals surface area contributed by atoms with Crippen molar-refractivity contribution in [1.29, 1.82) is 0 Å². The fourth-order valence-electron chi connectivity index (χ4n) is 3.91. The first-order valence-corrected chi connectivity index (χ1v) is 10.0. The SMILES string of the molecule is Cc1cc(Cl)cc(-c2ccc3ncn(CC(=O)C[C@H]4NCCC[C@@H]4O)c3c2)c1. The highest BCUT2D eigenvalue weighted by molar-refractivity contribution is 6.31. The van der Waals surface area contributed by atoms with Crippen LogP contribution in [0, 0.1) is 6.92 Å². The first kappa shape index (κ1) is 19.1. The predicted molar refractivity (Wildman–Crippen MR) is 112 cm³/mol. The van der Waals surface area contributed by atoms with E-state index in [1.807, 2.05) is 35.8 Å². The summed E-state index contributed by atoms with van der Waals surface area (Å²) in [7, 11) is 0. The Bertz CT molecular complexity index is 994. The Hall–Kier alpha value is -2.21. The second-order valence-corrected chi connectivity index (χ2v) is 8.04. The molecule has 1 saturated heterocycles. The second kappa shape index (κ2) is 8.03. The number of nitrogens with zero attached hydrogens (tertiary/aromatic N) is 2. The summed E-state index contributed by atoms with van der Waals surface area (Å²) in [4.78, 5) is 17.0. The van der Waals surface area contributed by atoms with Crippen LogP contribution < -0.4 is 5.32 Å². The number of aryl methyl sites for hydroxylation is 1. The van der Waals surface area contributed by atoms with Crippen molar-refractivity contribution in [2.45, 2.75) is 44.9 Å². The number of aliphatic hydroxyl groups is 1. The Morgan fingerprint density at radius 1 is 1.29 bits per heavy atom. The van der Waals surface area contributed by atoms with Gasteiger partial charge in [-0.15, -0.1) is 0 Å². The van der Waals surface area contributed by atoms with Crippen LogP contribution in [-0.2, 0) is 11.3 Å². The molecule has 2 atom stereocenters. The molecular weight excluding hydrogens is 374 g/mol. The van der Waals surface area contributed by atoms with Gasteiger partial charge in [-0.1, -0.05) is 23.7 Å². The summed E-state index contributed by atoms with van der Waals surface area (Å²) in [6.45, 7) is 3.12. The topological polar surface area (TPSA) is 67.2 Å². The van der Waals surface area contributed by atoms with Gasteiger partial charge >= 0.3 is 0 Å². The lowest BCUT2D eigenvalue weighted by atomic mass is 9.97. The number of hydrogen-bond donors (Lipinski definition) is 2. The van der Waals surface area contributed by atoms with E-state index in [1.54, 1.807) is 6.33 Å². The number of fused-ring (bicyclic) bond motifs is 1. The van der Waals surface area contributed by atoms with Gasteiger partial charge in [0.2, 0.25) is 0 Å². The average molecular weight is 398 g/mol. The molecule has 2 heterocycles. The number of piperidine rings is 1. The molecule has 2 N–H and O–H groups in total. The number of Topliss-reactive ketones (excluding diaryl/α,β-unsaturated/α-hetero) is 1. The van der Waals surface area contributed by atoms with Gasteiger partial charge in [0.05, 0.1) is 30.0 Å². The third-order valence-corrected chi connectivity index (χ3v) is 5.56. The zero-order valence-electron chi connectivity index (χ0n) is 15.9. The number of carbonyl (C=O) groups excluding carboxylic acids is 1. The van der Waals surface area contributed by atoms with E-state index >= 15 is 0 Å². The minimum Gasteiger partial charge on any atom is -0.391 e. The van der Waals surface area contributed by atoms with Crippen LogP contribution in [0.4, 0.5) is 0 Å². The monoisotopic (exact) mass is 397 g/mol. The van der Waals surface area contributed by atoms with Crippen LogP contribution in [0.5, 0.6) is 0 Å². The molecule has 3 aromatic rings. The van der Waals surface area contributed by atoms with Gasteiger partial charge in [-0.25, -0.2) is 4.98 Å². The predicted octanol–water partition coefficient (Wildman–Crippen LogP) is 3.74. The van der Waals surface area contributed by atoms with Crippen LogP contribution in [-0.4, -0.2) is 39.1 Å². The fourth-order valence-corrected chi connectivity index (χ4v) is 4.20. The second-order valence-electron chi connectivity index (χ2n) is 7.61. The van der Waals surface area contributed by atoms with E-state index in [0.717, 1.165) is 47.1 Å². The van der Waals surface area contributed by atoms with Crippen molar-refractivity contribution in [3.05, 3.63) is 53.3 Å². The molecule has 0 amide bonds. The van der Waals surface area contributed by atoms with E-state index in [0.29, 0.717) is 11.4 Å². The van der Waals surface area contributed by atoms with E-state index in [-0.39, 0.29) is 18.4 Å². The summed E-state index contributed by atoms with van der Waals surface area (Å²) >= 11 is 6.21. The highest BCUT2D eigenvalue weighted by Gasteiger charge is 2.25. The molecule has 1 aliphatic heterocycles. The highest BCUT2D eigenvalue weighted by atomic mass is 35.5. The molecule has 0 spiro atoms. The number of benzene rings is 2. The standard InChI is InChI=1S/C22H24ClN3O2/c1-14-7-16(9-17(23)8-14)15-4-5-19-21(10-15)26(13-25-19)12-18(27)11-20-22(28)3-2-6-24-20/h4-5,7-10,13,20,22,24,28H,2-3,6,11-12H2,1H3/t20-,22+/m1/s1. The number of carbonyl (C=O) groups is 1. The van der Waals surface area contributed by atoms with Gasteiger partial charge in [0.25, 0.3) is 0 Å². The smallest absolute Gasteiger partial charge is 0.154 e. The maximum absolute atomic E-state index is 12.6. The number of rotatable bonds is 5. The molecule has 0 radical (unpaired) electrons. The van der Waals surface area contributed by atoms with Crippen LogP contribution >= 0.6 is 11.6 Å². The molecule has 146 valence electrons. The normalized spacial score (nSPS) is 19.8. The third kappa shape index (κ3) is 4.12. The minimum absolute atomic E-state index is 0.0850. The molecule has 0 aliphatic carbocycles. The Labute approximate surface area is 169 Å². The molecule has 1 fully saturated rings. The van der Waals surface area contributed by atoms with Gasteiger partial charge in [0.15, 0.2) is 5.78 Å². The van der Waals surface area contributed by atoms with Gasteiger partial charge in [0.1, 0.15) is 0 Å². The number of imidazole rings is 1. The molecule has 0 bridgehead atoms. The van der Waals surface area contributed by atoms with Gasteiger partial charge in [-0.2, -0.15) is 0 Å². The lowest BCUT2D eigenvalue weighted by Crippen LogP contribution is -2.46. The molecule has 5 nitrogen and oxygen atoms in total. The van der Waals surface area contributed by atoms with Crippen molar-refractivity contribution in [2.75, 3.05) is 6.54 Å². The Balaban J connectivity index is 1.57. The van der Waals surface area contributed by atoms with Crippen LogP contribution in [0.1, 0.15) is 24.8 Å². The van der Waals surface area contributed by atoms with Gasteiger partial charge in [-0.05, 0) is 67.3 Å². The van der Waals surface area contributed by atoms with Crippen molar-refractivity contribution in [1.82, 2.24) is 14.9 Å². The first-order chi connectivity index (χ1) is 13.5. The maximum Gasteiger partial charge on any atom is 0.154 e. The highest BCUT2D eigenvalue weighted by Crippen LogP contribution is 2.27. The number of halogens is 1. The lowest BCUT2D eigenvalue weighted by molar-refractivity contribution is -0.121. The van der Waals surface area contributed by atoms with Crippen molar-refractivity contribution in [3.63, 3.8) is 0 Å². The van der Waals surface area contributed by atoms with E-state index in [2.05, 4.69) is 22.4 Å². The number of ketones is 1. The summed E-state index contributed by atoms with van der Waals surface area (Å²) in [6.07, 6.45) is 3.29. The molecular formula is C22H24ClN3O2. The van der Waals surface area contributed by atoms with Gasteiger partial charge < -0.3 is 15.0 Å². The molecule has 0 unspecified atom stereocenters. The summed E-state index contributed by atoms with van der Waals surface area (Å²) in [6, 6.07) is 11.9. The number of aliphatic hydroxyl groups excluding tert-OH is 1. The molecule has 1 aliphatic rings. The van der Waals surface area contributed by atoms with Crippen LogP contribution in [0.25, 0.3) is 22.2 Å². The van der Waals surface area contributed by atoms with Crippen molar-refractivity contribution in [3.8, 4) is 11.1 Å². The van der Waals surface area contributed by atoms with Crippen LogP contribution in [0.15, 0.2) is 42.7 Å². The Morgan fingerprint density at radius 3 is 2.93 bits per heavy atom. The zero-order valence-corrected chi connectivity index (χ0v) is 16.6. The molecule has 1 aromatic heterocycles. The van der Waals surface area contributed by atoms with Gasteiger partial charge in [0, 0.05) is 17.5 Å². The molecule has 4 rings (SSSR count). The molecule has 2 aromatic carbocycles. The third-order valence-electron chi connectivity index (χ3n) is 5.34. The van der Waals surface area contributed by atoms with E-state index in [9.17, 15) is 9.90 Å². The molecule has 28 heavy (non-hydrogen) atoms. The quantitative estimate of drug-likeness (QED) is 0.688. The molecule has 6 heteroatoms. The van der Waals surface area contributed by atoms with Crippen molar-refractivity contribution < 1.29 is 9.90 Å². The van der Waals surface area contributed by atoms with E-state index in [1.165, 1.54) is 0 Å². The Kier molecular flexibility index (Phi) is 5.49. The van der Waals surface area contributed by atoms with Crippen LogP contribution in [0.3, 0.4) is 0 Å². The van der Waals surface area contributed by atoms with Gasteiger partial charge in [-0.3, -0.25) is 4.79 Å². The van der Waals surface area contributed by atoms with E-state index < -0.39 is 6.10 Å². The Morgan fingerprint density at radius 2 is 2.14 bits per heavy atom. The summed E-state index contributed by atoms with van der Waals surface area (Å²) in [5.74, 6) is 0.0850. The maximum atomic E-state index is 12.6. The van der Waals surface area contributed by atoms with Crippen LogP contribution in [0.2, 0.25) is 5.02 Å². The van der Waals surface area contributed by atoms with Crippen molar-refractivity contribution in [2.24, 2.45) is 0 Å².